The minimum absolute atomic E-state index is 0.450. The smallest absolute Gasteiger partial charge is 0.0505 e. The highest BCUT2D eigenvalue weighted by atomic mass is 31.1. The van der Waals surface area contributed by atoms with Crippen molar-refractivity contribution in [2.75, 3.05) is 4.44 Å². The number of nitrogens with zero attached hydrogens (tertiary/aromatic N) is 1. The van der Waals surface area contributed by atoms with Crippen molar-refractivity contribution in [3.8, 4) is 0 Å². The van der Waals surface area contributed by atoms with Crippen LogP contribution in [0, 0.1) is 0 Å². The van der Waals surface area contributed by atoms with Gasteiger partial charge in [0, 0.05) is 17.5 Å². The molecule has 0 aromatic heterocycles. The number of hydrogen-bond acceptors (Lipinski definition) is 1. The van der Waals surface area contributed by atoms with Crippen molar-refractivity contribution in [3.05, 3.63) is 96.1 Å². The SMILES string of the molecule is C=Cc1cc(C(C)C)c(N(Pc2ccccc2)Pc2ccccc2)c(C(C)C)c1. The van der Waals surface area contributed by atoms with Crippen molar-refractivity contribution in [3.63, 3.8) is 0 Å². The van der Waals surface area contributed by atoms with Gasteiger partial charge >= 0.3 is 0 Å². The molecule has 0 fully saturated rings. The van der Waals surface area contributed by atoms with Crippen LogP contribution in [0.5, 0.6) is 0 Å². The predicted octanol–water partition coefficient (Wildman–Crippen LogP) is 7.22. The van der Waals surface area contributed by atoms with Gasteiger partial charge in [-0.25, -0.2) is 0 Å². The van der Waals surface area contributed by atoms with E-state index in [0.29, 0.717) is 29.3 Å². The highest BCUT2D eigenvalue weighted by Crippen LogP contribution is 2.46. The lowest BCUT2D eigenvalue weighted by molar-refractivity contribution is 0.836. The second kappa shape index (κ2) is 10.2. The molecule has 0 bridgehead atoms. The monoisotopic (exact) mass is 419 g/mol. The summed E-state index contributed by atoms with van der Waals surface area (Å²) in [5, 5.41) is 2.74. The van der Waals surface area contributed by atoms with E-state index in [1.165, 1.54) is 33.0 Å². The summed E-state index contributed by atoms with van der Waals surface area (Å²) in [6.07, 6.45) is 1.98. The standard InChI is InChI=1S/C26H31NP2/c1-6-21-17-24(19(2)3)26(25(18-21)20(4)5)27(28-22-13-9-7-10-14-22)29-23-15-11-8-12-16-23/h6-20,28-29H,1H2,2-5H3. The van der Waals surface area contributed by atoms with E-state index in [4.69, 9.17) is 0 Å². The average molecular weight is 419 g/mol. The van der Waals surface area contributed by atoms with Gasteiger partial charge in [-0.3, -0.25) is 0 Å². The zero-order valence-corrected chi connectivity index (χ0v) is 19.8. The summed E-state index contributed by atoms with van der Waals surface area (Å²) in [6.45, 7) is 13.2. The number of benzene rings is 3. The Hall–Kier alpha value is -1.94. The first-order valence-corrected chi connectivity index (χ1v) is 12.1. The van der Waals surface area contributed by atoms with Gasteiger partial charge in [0.05, 0.1) is 5.69 Å². The fourth-order valence-corrected chi connectivity index (χ4v) is 6.32. The molecule has 0 aliphatic heterocycles. The molecule has 2 unspecified atom stereocenters. The number of hydrogen-bond donors (Lipinski definition) is 0. The lowest BCUT2D eigenvalue weighted by Crippen LogP contribution is -2.16. The third-order valence-electron chi connectivity index (χ3n) is 4.92. The Balaban J connectivity index is 2.16. The molecule has 3 rings (SSSR count). The molecule has 29 heavy (non-hydrogen) atoms. The second-order valence-electron chi connectivity index (χ2n) is 7.85. The molecule has 0 amide bonds. The van der Waals surface area contributed by atoms with Gasteiger partial charge in [-0.1, -0.05) is 101 Å². The molecule has 150 valence electrons. The molecule has 0 N–H and O–H groups in total. The minimum Gasteiger partial charge on any atom is -0.326 e. The number of rotatable bonds is 8. The van der Waals surface area contributed by atoms with Crippen LogP contribution < -0.4 is 15.1 Å². The van der Waals surface area contributed by atoms with E-state index in [-0.39, 0.29) is 0 Å². The fraction of sp³-hybridized carbons (Fsp3) is 0.231. The van der Waals surface area contributed by atoms with Gasteiger partial charge < -0.3 is 4.44 Å². The lowest BCUT2D eigenvalue weighted by atomic mass is 9.90. The molecule has 3 aromatic carbocycles. The molecular formula is C26H31NP2. The zero-order valence-electron chi connectivity index (χ0n) is 17.8. The van der Waals surface area contributed by atoms with E-state index >= 15 is 0 Å². The Labute approximate surface area is 179 Å². The van der Waals surface area contributed by atoms with E-state index in [9.17, 15) is 0 Å². The first-order chi connectivity index (χ1) is 14.0. The van der Waals surface area contributed by atoms with Gasteiger partial charge in [0.1, 0.15) is 0 Å². The normalized spacial score (nSPS) is 11.9. The molecule has 0 saturated carbocycles. The van der Waals surface area contributed by atoms with Gasteiger partial charge in [0.25, 0.3) is 0 Å². The first-order valence-electron chi connectivity index (χ1n) is 10.2. The quantitative estimate of drug-likeness (QED) is 0.348. The molecular weight excluding hydrogens is 388 g/mol. The van der Waals surface area contributed by atoms with Crippen LogP contribution in [0.15, 0.2) is 79.4 Å². The summed E-state index contributed by atoms with van der Waals surface area (Å²) in [5.41, 5.74) is 5.45. The Bertz CT molecular complexity index is 863. The molecule has 0 heterocycles. The van der Waals surface area contributed by atoms with Gasteiger partial charge in [-0.15, -0.1) is 0 Å². The summed E-state index contributed by atoms with van der Waals surface area (Å²) in [7, 11) is 1.19. The van der Waals surface area contributed by atoms with Crippen molar-refractivity contribution in [2.45, 2.75) is 39.5 Å². The van der Waals surface area contributed by atoms with Crippen molar-refractivity contribution in [1.82, 2.24) is 0 Å². The third-order valence-corrected chi connectivity index (χ3v) is 7.67. The van der Waals surface area contributed by atoms with Gasteiger partial charge in [-0.2, -0.15) is 0 Å². The maximum absolute atomic E-state index is 4.03. The average Bonchev–Trinajstić information content (AvgIpc) is 2.73. The Morgan fingerprint density at radius 1 is 0.724 bits per heavy atom. The minimum atomic E-state index is 0.450. The Kier molecular flexibility index (Phi) is 7.65. The van der Waals surface area contributed by atoms with Crippen LogP contribution in [-0.2, 0) is 0 Å². The Morgan fingerprint density at radius 3 is 1.48 bits per heavy atom. The fourth-order valence-electron chi connectivity index (χ4n) is 3.38. The van der Waals surface area contributed by atoms with Crippen LogP contribution in [0.2, 0.25) is 0 Å². The molecule has 0 aliphatic rings. The van der Waals surface area contributed by atoms with Crippen LogP contribution in [-0.4, -0.2) is 0 Å². The molecule has 1 nitrogen and oxygen atoms in total. The van der Waals surface area contributed by atoms with E-state index in [1.54, 1.807) is 0 Å². The summed E-state index contributed by atoms with van der Waals surface area (Å²) in [6, 6.07) is 26.4. The van der Waals surface area contributed by atoms with Crippen molar-refractivity contribution in [1.29, 1.82) is 0 Å². The molecule has 0 saturated heterocycles. The third kappa shape index (κ3) is 5.57. The van der Waals surface area contributed by atoms with Crippen LogP contribution in [0.1, 0.15) is 56.2 Å². The summed E-state index contributed by atoms with van der Waals surface area (Å²) in [4.78, 5) is 0. The van der Waals surface area contributed by atoms with Gasteiger partial charge in [-0.05, 0) is 51.3 Å². The van der Waals surface area contributed by atoms with Crippen LogP contribution in [0.4, 0.5) is 5.69 Å². The maximum atomic E-state index is 4.03. The molecule has 3 heteroatoms. The summed E-state index contributed by atoms with van der Waals surface area (Å²) >= 11 is 0. The van der Waals surface area contributed by atoms with E-state index < -0.39 is 0 Å². The highest BCUT2D eigenvalue weighted by Gasteiger charge is 2.21. The largest absolute Gasteiger partial charge is 0.326 e. The molecule has 2 atom stereocenters. The van der Waals surface area contributed by atoms with Gasteiger partial charge in [0.15, 0.2) is 0 Å². The first kappa shape index (κ1) is 21.8. The topological polar surface area (TPSA) is 3.24 Å². The molecule has 0 spiro atoms. The van der Waals surface area contributed by atoms with Crippen molar-refractivity contribution in [2.24, 2.45) is 0 Å². The second-order valence-corrected chi connectivity index (χ2v) is 10.8. The summed E-state index contributed by atoms with van der Waals surface area (Å²) in [5.74, 6) is 0.900. The van der Waals surface area contributed by atoms with E-state index in [0.717, 1.165) is 0 Å². The number of anilines is 1. The maximum Gasteiger partial charge on any atom is 0.0505 e. The lowest BCUT2D eigenvalue weighted by Gasteiger charge is -2.32. The van der Waals surface area contributed by atoms with E-state index in [2.05, 4.69) is 112 Å². The molecule has 0 radical (unpaired) electrons. The molecule has 3 aromatic rings. The van der Waals surface area contributed by atoms with Crippen LogP contribution in [0.3, 0.4) is 0 Å². The van der Waals surface area contributed by atoms with E-state index in [1.807, 2.05) is 6.08 Å². The summed E-state index contributed by atoms with van der Waals surface area (Å²) < 4.78 is 2.61. The van der Waals surface area contributed by atoms with Crippen LogP contribution >= 0.6 is 17.5 Å². The van der Waals surface area contributed by atoms with Gasteiger partial charge in [0.2, 0.25) is 0 Å². The van der Waals surface area contributed by atoms with Crippen LogP contribution in [0.25, 0.3) is 6.08 Å². The predicted molar refractivity (Wildman–Crippen MR) is 136 cm³/mol. The van der Waals surface area contributed by atoms with Crippen molar-refractivity contribution >= 4 is 39.8 Å². The Morgan fingerprint density at radius 2 is 1.14 bits per heavy atom. The van der Waals surface area contributed by atoms with Crippen molar-refractivity contribution < 1.29 is 0 Å². The highest BCUT2D eigenvalue weighted by molar-refractivity contribution is 7.67. The zero-order chi connectivity index (χ0) is 20.8. The molecule has 0 aliphatic carbocycles.